The normalized spacial score (nSPS) is 18.7. The van der Waals surface area contributed by atoms with Gasteiger partial charge in [0.05, 0.1) is 5.92 Å². The van der Waals surface area contributed by atoms with Crippen molar-refractivity contribution >= 4 is 29.4 Å². The van der Waals surface area contributed by atoms with Gasteiger partial charge in [0.15, 0.2) is 13.2 Å². The van der Waals surface area contributed by atoms with Crippen molar-refractivity contribution < 1.29 is 23.9 Å². The van der Waals surface area contributed by atoms with E-state index in [2.05, 4.69) is 10.9 Å². The monoisotopic (exact) mass is 340 g/mol. The maximum Gasteiger partial charge on any atom is 0.309 e. The zero-order valence-corrected chi connectivity index (χ0v) is 13.3. The predicted octanol–water partition coefficient (Wildman–Crippen LogP) is 1.07. The molecule has 2 rings (SSSR count). The van der Waals surface area contributed by atoms with E-state index >= 15 is 0 Å². The third-order valence-electron chi connectivity index (χ3n) is 3.28. The number of rotatable bonds is 6. The van der Waals surface area contributed by atoms with Gasteiger partial charge in [0, 0.05) is 5.02 Å². The second kappa shape index (κ2) is 7.82. The summed E-state index contributed by atoms with van der Waals surface area (Å²) in [6, 6.07) is 6.50. The molecule has 0 unspecified atom stereocenters. The molecule has 23 heavy (non-hydrogen) atoms. The largest absolute Gasteiger partial charge is 0.484 e. The van der Waals surface area contributed by atoms with E-state index in [9.17, 15) is 14.4 Å². The molecule has 0 radical (unpaired) electrons. The van der Waals surface area contributed by atoms with Gasteiger partial charge in [-0.3, -0.25) is 25.2 Å². The van der Waals surface area contributed by atoms with Crippen LogP contribution in [0.25, 0.3) is 0 Å². The lowest BCUT2D eigenvalue weighted by Crippen LogP contribution is -2.45. The van der Waals surface area contributed by atoms with Gasteiger partial charge in [0.1, 0.15) is 5.75 Å². The number of hydrogen-bond donors (Lipinski definition) is 2. The van der Waals surface area contributed by atoms with E-state index in [0.29, 0.717) is 16.7 Å². The van der Waals surface area contributed by atoms with Crippen molar-refractivity contribution in [3.8, 4) is 5.75 Å². The molecule has 0 saturated heterocycles. The molecule has 2 N–H and O–H groups in total. The van der Waals surface area contributed by atoms with Crippen LogP contribution in [-0.4, -0.2) is 31.0 Å². The number of ether oxygens (including phenoxy) is 2. The van der Waals surface area contributed by atoms with E-state index in [4.69, 9.17) is 21.1 Å². The van der Waals surface area contributed by atoms with Gasteiger partial charge in [0.2, 0.25) is 0 Å². The van der Waals surface area contributed by atoms with Crippen molar-refractivity contribution in [2.75, 3.05) is 13.2 Å². The van der Waals surface area contributed by atoms with Crippen LogP contribution in [0.5, 0.6) is 5.75 Å². The first kappa shape index (κ1) is 17.1. The van der Waals surface area contributed by atoms with Gasteiger partial charge in [-0.15, -0.1) is 0 Å². The van der Waals surface area contributed by atoms with Crippen LogP contribution in [0, 0.1) is 11.8 Å². The standard InChI is InChI=1S/C15H17ClN2O5/c1-9-6-12(9)15(21)23-8-14(20)18-17-13(19)7-22-11-4-2-10(16)3-5-11/h2-5,9,12H,6-8H2,1H3,(H,17,19)(H,18,20)/t9-,12-/m0/s1. The Labute approximate surface area is 138 Å². The molecule has 0 aliphatic heterocycles. The molecule has 0 bridgehead atoms. The second-order valence-electron chi connectivity index (χ2n) is 5.27. The highest BCUT2D eigenvalue weighted by atomic mass is 35.5. The molecular formula is C15H17ClN2O5. The highest BCUT2D eigenvalue weighted by molar-refractivity contribution is 6.30. The molecule has 0 aromatic heterocycles. The van der Waals surface area contributed by atoms with Crippen molar-refractivity contribution in [2.45, 2.75) is 13.3 Å². The number of amides is 2. The maximum absolute atomic E-state index is 11.5. The van der Waals surface area contributed by atoms with Crippen LogP contribution in [0.3, 0.4) is 0 Å². The maximum atomic E-state index is 11.5. The molecule has 2 atom stereocenters. The Balaban J connectivity index is 1.59. The van der Waals surface area contributed by atoms with E-state index in [1.165, 1.54) is 0 Å². The summed E-state index contributed by atoms with van der Waals surface area (Å²) in [5.74, 6) is -0.865. The van der Waals surface area contributed by atoms with Crippen molar-refractivity contribution in [3.63, 3.8) is 0 Å². The molecule has 0 spiro atoms. The van der Waals surface area contributed by atoms with Crippen molar-refractivity contribution in [1.29, 1.82) is 0 Å². The summed E-state index contributed by atoms with van der Waals surface area (Å²) in [6.45, 7) is 1.23. The molecule has 1 saturated carbocycles. The van der Waals surface area contributed by atoms with E-state index in [1.807, 2.05) is 6.92 Å². The number of halogens is 1. The third-order valence-corrected chi connectivity index (χ3v) is 3.53. The van der Waals surface area contributed by atoms with Gasteiger partial charge >= 0.3 is 5.97 Å². The highest BCUT2D eigenvalue weighted by Crippen LogP contribution is 2.38. The molecule has 1 aromatic carbocycles. The quantitative estimate of drug-likeness (QED) is 0.596. The van der Waals surface area contributed by atoms with E-state index < -0.39 is 18.4 Å². The van der Waals surface area contributed by atoms with E-state index in [1.54, 1.807) is 24.3 Å². The molecule has 1 fully saturated rings. The first-order valence-corrected chi connectivity index (χ1v) is 7.46. The van der Waals surface area contributed by atoms with Gasteiger partial charge in [0.25, 0.3) is 11.8 Å². The lowest BCUT2D eigenvalue weighted by Gasteiger charge is -2.09. The summed E-state index contributed by atoms with van der Waals surface area (Å²) in [5, 5.41) is 0.559. The molecule has 1 aliphatic carbocycles. The number of nitrogens with one attached hydrogen (secondary N) is 2. The summed E-state index contributed by atoms with van der Waals surface area (Å²) >= 11 is 5.72. The number of esters is 1. The van der Waals surface area contributed by atoms with E-state index in [-0.39, 0.29) is 18.5 Å². The average molecular weight is 341 g/mol. The molecule has 2 amide bonds. The predicted molar refractivity (Wildman–Crippen MR) is 81.5 cm³/mol. The van der Waals surface area contributed by atoms with Gasteiger partial charge in [-0.25, -0.2) is 0 Å². The number of benzene rings is 1. The summed E-state index contributed by atoms with van der Waals surface area (Å²) in [6.07, 6.45) is 0.791. The van der Waals surface area contributed by atoms with Crippen molar-refractivity contribution in [2.24, 2.45) is 11.8 Å². The third kappa shape index (κ3) is 5.78. The highest BCUT2D eigenvalue weighted by Gasteiger charge is 2.40. The fourth-order valence-corrected chi connectivity index (χ4v) is 1.91. The Hall–Kier alpha value is -2.28. The fourth-order valence-electron chi connectivity index (χ4n) is 1.79. The van der Waals surface area contributed by atoms with Crippen molar-refractivity contribution in [3.05, 3.63) is 29.3 Å². The first-order valence-electron chi connectivity index (χ1n) is 7.08. The van der Waals surface area contributed by atoms with Crippen LogP contribution in [0.1, 0.15) is 13.3 Å². The fraction of sp³-hybridized carbons (Fsp3) is 0.400. The minimum Gasteiger partial charge on any atom is -0.484 e. The molecule has 1 aromatic rings. The Morgan fingerprint density at radius 3 is 2.26 bits per heavy atom. The minimum atomic E-state index is -0.619. The van der Waals surface area contributed by atoms with Crippen LogP contribution >= 0.6 is 11.6 Å². The Kier molecular flexibility index (Phi) is 5.81. The zero-order valence-electron chi connectivity index (χ0n) is 12.5. The van der Waals surface area contributed by atoms with Crippen LogP contribution in [0.15, 0.2) is 24.3 Å². The Bertz CT molecular complexity index is 590. The SMILES string of the molecule is C[C@H]1C[C@@H]1C(=O)OCC(=O)NNC(=O)COc1ccc(Cl)cc1. The molecule has 124 valence electrons. The lowest BCUT2D eigenvalue weighted by molar-refractivity contribution is -0.150. The second-order valence-corrected chi connectivity index (χ2v) is 5.70. The topological polar surface area (TPSA) is 93.7 Å². The van der Waals surface area contributed by atoms with Gasteiger partial charge in [-0.2, -0.15) is 0 Å². The van der Waals surface area contributed by atoms with Crippen LogP contribution in [0.2, 0.25) is 5.02 Å². The molecule has 1 aliphatic rings. The number of carbonyl (C=O) groups excluding carboxylic acids is 3. The first-order chi connectivity index (χ1) is 11.0. The molecule has 7 nitrogen and oxygen atoms in total. The van der Waals surface area contributed by atoms with E-state index in [0.717, 1.165) is 6.42 Å². The summed E-state index contributed by atoms with van der Waals surface area (Å²) in [7, 11) is 0. The number of hydrogen-bond acceptors (Lipinski definition) is 5. The van der Waals surface area contributed by atoms with Crippen LogP contribution in [0.4, 0.5) is 0 Å². The molecular weight excluding hydrogens is 324 g/mol. The zero-order chi connectivity index (χ0) is 16.8. The summed E-state index contributed by atoms with van der Waals surface area (Å²) in [5.41, 5.74) is 4.30. The van der Waals surface area contributed by atoms with Gasteiger partial charge < -0.3 is 9.47 Å². The van der Waals surface area contributed by atoms with Gasteiger partial charge in [-0.05, 0) is 36.6 Å². The lowest BCUT2D eigenvalue weighted by atomic mass is 10.3. The Morgan fingerprint density at radius 1 is 1.13 bits per heavy atom. The average Bonchev–Trinajstić information content (AvgIpc) is 3.27. The van der Waals surface area contributed by atoms with Crippen molar-refractivity contribution in [1.82, 2.24) is 10.9 Å². The number of carbonyl (C=O) groups is 3. The Morgan fingerprint density at radius 2 is 1.70 bits per heavy atom. The molecule has 8 heteroatoms. The smallest absolute Gasteiger partial charge is 0.309 e. The van der Waals surface area contributed by atoms with Gasteiger partial charge in [-0.1, -0.05) is 18.5 Å². The minimum absolute atomic E-state index is 0.106. The van der Waals surface area contributed by atoms with Crippen LogP contribution in [-0.2, 0) is 19.1 Å². The summed E-state index contributed by atoms with van der Waals surface area (Å²) in [4.78, 5) is 34.4. The number of hydrazine groups is 1. The van der Waals surface area contributed by atoms with Crippen LogP contribution < -0.4 is 15.6 Å². The summed E-state index contributed by atoms with van der Waals surface area (Å²) < 4.78 is 10.0. The molecule has 0 heterocycles.